The molecule has 1 fully saturated rings. The lowest BCUT2D eigenvalue weighted by Gasteiger charge is -2.24. The van der Waals surface area contributed by atoms with Crippen molar-refractivity contribution in [3.8, 4) is 0 Å². The predicted molar refractivity (Wildman–Crippen MR) is 94.9 cm³/mol. The van der Waals surface area contributed by atoms with Crippen LogP contribution in [0.15, 0.2) is 29.2 Å². The summed E-state index contributed by atoms with van der Waals surface area (Å²) in [6.45, 7) is 1.36. The third-order valence-corrected chi connectivity index (χ3v) is 7.47. The van der Waals surface area contributed by atoms with Gasteiger partial charge in [-0.15, -0.1) is 10.2 Å². The zero-order chi connectivity index (χ0) is 17.4. The molecule has 0 amide bonds. The molecule has 134 valence electrons. The van der Waals surface area contributed by atoms with Crippen LogP contribution in [0, 0.1) is 0 Å². The summed E-state index contributed by atoms with van der Waals surface area (Å²) in [6.07, 6.45) is 5.87. The molecule has 0 saturated carbocycles. The Labute approximate surface area is 152 Å². The molecule has 4 rings (SSSR count). The van der Waals surface area contributed by atoms with E-state index in [2.05, 4.69) is 14.8 Å². The fourth-order valence-electron chi connectivity index (χ4n) is 3.82. The SMILES string of the molecule is O=S(=O)(c1ccccc1Cl)N1CCCC1c1nnc2n1CCCCC2. The zero-order valence-electron chi connectivity index (χ0n) is 13.9. The van der Waals surface area contributed by atoms with Crippen LogP contribution in [-0.4, -0.2) is 34.0 Å². The highest BCUT2D eigenvalue weighted by Gasteiger charge is 2.40. The second-order valence-corrected chi connectivity index (χ2v) is 8.91. The Balaban J connectivity index is 1.72. The molecule has 0 N–H and O–H groups in total. The molecule has 1 aromatic heterocycles. The average molecular weight is 381 g/mol. The van der Waals surface area contributed by atoms with Crippen molar-refractivity contribution >= 4 is 21.6 Å². The van der Waals surface area contributed by atoms with Gasteiger partial charge < -0.3 is 4.57 Å². The molecule has 1 atom stereocenters. The minimum atomic E-state index is -3.66. The number of aromatic nitrogens is 3. The molecule has 6 nitrogen and oxygen atoms in total. The van der Waals surface area contributed by atoms with Crippen LogP contribution in [0.4, 0.5) is 0 Å². The summed E-state index contributed by atoms with van der Waals surface area (Å²) in [5, 5.41) is 8.97. The van der Waals surface area contributed by atoms with Crippen molar-refractivity contribution in [3.05, 3.63) is 40.9 Å². The van der Waals surface area contributed by atoms with Gasteiger partial charge in [0.1, 0.15) is 10.7 Å². The van der Waals surface area contributed by atoms with Crippen molar-refractivity contribution in [2.75, 3.05) is 6.54 Å². The number of halogens is 1. The van der Waals surface area contributed by atoms with E-state index in [1.165, 1.54) is 6.42 Å². The smallest absolute Gasteiger partial charge is 0.245 e. The fraction of sp³-hybridized carbons (Fsp3) is 0.529. The number of rotatable bonds is 3. The van der Waals surface area contributed by atoms with Gasteiger partial charge in [-0.25, -0.2) is 8.42 Å². The summed E-state index contributed by atoms with van der Waals surface area (Å²) < 4.78 is 30.1. The quantitative estimate of drug-likeness (QED) is 0.820. The summed E-state index contributed by atoms with van der Waals surface area (Å²) in [7, 11) is -3.66. The Morgan fingerprint density at radius 2 is 1.88 bits per heavy atom. The molecule has 1 unspecified atom stereocenters. The maximum atomic E-state index is 13.2. The van der Waals surface area contributed by atoms with Crippen molar-refractivity contribution in [2.45, 2.75) is 56.0 Å². The van der Waals surface area contributed by atoms with Gasteiger partial charge in [-0.05, 0) is 37.8 Å². The zero-order valence-corrected chi connectivity index (χ0v) is 15.5. The molecule has 0 spiro atoms. The first-order chi connectivity index (χ1) is 12.1. The number of hydrogen-bond acceptors (Lipinski definition) is 4. The van der Waals surface area contributed by atoms with Crippen molar-refractivity contribution in [2.24, 2.45) is 0 Å². The van der Waals surface area contributed by atoms with Crippen LogP contribution < -0.4 is 0 Å². The second-order valence-electron chi connectivity index (χ2n) is 6.64. The first kappa shape index (κ1) is 17.0. The van der Waals surface area contributed by atoms with E-state index in [4.69, 9.17) is 11.6 Å². The fourth-order valence-corrected chi connectivity index (χ4v) is 5.97. The average Bonchev–Trinajstić information content (AvgIpc) is 3.16. The number of sulfonamides is 1. The Bertz CT molecular complexity index is 881. The summed E-state index contributed by atoms with van der Waals surface area (Å²) in [5.74, 6) is 1.76. The van der Waals surface area contributed by atoms with Crippen molar-refractivity contribution in [3.63, 3.8) is 0 Å². The van der Waals surface area contributed by atoms with E-state index in [1.54, 1.807) is 28.6 Å². The predicted octanol–water partition coefficient (Wildman–Crippen LogP) is 3.18. The van der Waals surface area contributed by atoms with Gasteiger partial charge in [-0.1, -0.05) is 30.2 Å². The highest BCUT2D eigenvalue weighted by Crippen LogP contribution is 2.38. The van der Waals surface area contributed by atoms with Gasteiger partial charge in [-0.3, -0.25) is 0 Å². The first-order valence-electron chi connectivity index (χ1n) is 8.77. The Hall–Kier alpha value is -1.44. The molecule has 25 heavy (non-hydrogen) atoms. The van der Waals surface area contributed by atoms with Crippen LogP contribution >= 0.6 is 11.6 Å². The largest absolute Gasteiger partial charge is 0.314 e. The number of hydrogen-bond donors (Lipinski definition) is 0. The van der Waals surface area contributed by atoms with E-state index in [9.17, 15) is 8.42 Å². The molecule has 3 heterocycles. The van der Waals surface area contributed by atoms with Gasteiger partial charge in [-0.2, -0.15) is 4.31 Å². The number of aryl methyl sites for hydroxylation is 1. The minimum Gasteiger partial charge on any atom is -0.314 e. The maximum Gasteiger partial charge on any atom is 0.245 e. The van der Waals surface area contributed by atoms with Gasteiger partial charge in [0.05, 0.1) is 11.1 Å². The normalized spacial score (nSPS) is 21.9. The molecular formula is C17H21ClN4O2S. The van der Waals surface area contributed by atoms with Crippen LogP contribution in [0.1, 0.15) is 49.8 Å². The number of fused-ring (bicyclic) bond motifs is 1. The molecule has 1 saturated heterocycles. The van der Waals surface area contributed by atoms with Gasteiger partial charge in [0.25, 0.3) is 0 Å². The summed E-state index contributed by atoms with van der Waals surface area (Å²) in [5.41, 5.74) is 0. The molecule has 8 heteroatoms. The highest BCUT2D eigenvalue weighted by molar-refractivity contribution is 7.89. The summed E-state index contributed by atoms with van der Waals surface area (Å²) in [4.78, 5) is 0.166. The van der Waals surface area contributed by atoms with E-state index < -0.39 is 10.0 Å². The number of benzene rings is 1. The van der Waals surface area contributed by atoms with E-state index in [-0.39, 0.29) is 16.0 Å². The second kappa shape index (κ2) is 6.70. The lowest BCUT2D eigenvalue weighted by molar-refractivity contribution is 0.370. The van der Waals surface area contributed by atoms with Crippen LogP contribution in [0.5, 0.6) is 0 Å². The standard InChI is InChI=1S/C17H21ClN4O2S/c18-13-7-3-4-9-15(13)25(23,24)22-12-6-8-14(22)17-20-19-16-10-2-1-5-11-21(16)17/h3-4,7,9,14H,1-2,5-6,8,10-12H2. The molecular weight excluding hydrogens is 360 g/mol. The molecule has 0 bridgehead atoms. The highest BCUT2D eigenvalue weighted by atomic mass is 35.5. The molecule has 1 aromatic carbocycles. The van der Waals surface area contributed by atoms with Gasteiger partial charge in [0, 0.05) is 19.5 Å². The van der Waals surface area contributed by atoms with Crippen LogP contribution in [0.2, 0.25) is 5.02 Å². The van der Waals surface area contributed by atoms with E-state index >= 15 is 0 Å². The molecule has 0 radical (unpaired) electrons. The van der Waals surface area contributed by atoms with E-state index in [1.807, 2.05) is 0 Å². The third-order valence-electron chi connectivity index (χ3n) is 5.06. The lowest BCUT2D eigenvalue weighted by Crippen LogP contribution is -2.32. The topological polar surface area (TPSA) is 68.1 Å². The first-order valence-corrected chi connectivity index (χ1v) is 10.6. The van der Waals surface area contributed by atoms with Gasteiger partial charge in [0.15, 0.2) is 5.82 Å². The summed E-state index contributed by atoms with van der Waals surface area (Å²) >= 11 is 6.16. The Morgan fingerprint density at radius 1 is 1.04 bits per heavy atom. The van der Waals surface area contributed by atoms with Crippen LogP contribution in [0.3, 0.4) is 0 Å². The molecule has 0 aliphatic carbocycles. The van der Waals surface area contributed by atoms with Crippen LogP contribution in [0.25, 0.3) is 0 Å². The summed E-state index contributed by atoms with van der Waals surface area (Å²) in [6, 6.07) is 6.36. The van der Waals surface area contributed by atoms with Crippen LogP contribution in [-0.2, 0) is 23.0 Å². The lowest BCUT2D eigenvalue weighted by atomic mass is 10.2. The third kappa shape index (κ3) is 2.98. The van der Waals surface area contributed by atoms with E-state index in [0.717, 1.165) is 50.3 Å². The molecule has 2 aromatic rings. The Morgan fingerprint density at radius 3 is 2.72 bits per heavy atom. The monoisotopic (exact) mass is 380 g/mol. The van der Waals surface area contributed by atoms with Crippen molar-refractivity contribution < 1.29 is 8.42 Å². The maximum absolute atomic E-state index is 13.2. The van der Waals surface area contributed by atoms with E-state index in [0.29, 0.717) is 6.54 Å². The van der Waals surface area contributed by atoms with Gasteiger partial charge >= 0.3 is 0 Å². The number of nitrogens with zero attached hydrogens (tertiary/aromatic N) is 4. The Kier molecular flexibility index (Phi) is 4.56. The van der Waals surface area contributed by atoms with Gasteiger partial charge in [0.2, 0.25) is 10.0 Å². The van der Waals surface area contributed by atoms with Crippen molar-refractivity contribution in [1.82, 2.24) is 19.1 Å². The van der Waals surface area contributed by atoms with Crippen molar-refractivity contribution in [1.29, 1.82) is 0 Å². The minimum absolute atomic E-state index is 0.166. The molecule has 2 aliphatic rings. The molecule has 2 aliphatic heterocycles.